The van der Waals surface area contributed by atoms with E-state index in [2.05, 4.69) is 60.0 Å². The number of rotatable bonds is 16. The van der Waals surface area contributed by atoms with Gasteiger partial charge in [0.15, 0.2) is 0 Å². The van der Waals surface area contributed by atoms with E-state index in [0.717, 1.165) is 32.8 Å². The van der Waals surface area contributed by atoms with Gasteiger partial charge in [-0.25, -0.2) is 9.83 Å². The predicted octanol–water partition coefficient (Wildman–Crippen LogP) is 9.64. The summed E-state index contributed by atoms with van der Waals surface area (Å²) < 4.78 is 17.8. The number of thiazole rings is 1. The maximum Gasteiger partial charge on any atom is 0.302 e. The highest BCUT2D eigenvalue weighted by Crippen LogP contribution is 2.59. The first-order valence-electron chi connectivity index (χ1n) is 24.4. The number of carbonyl (C=O) groups is 5. The van der Waals surface area contributed by atoms with Crippen LogP contribution in [0.25, 0.3) is 15.3 Å². The summed E-state index contributed by atoms with van der Waals surface area (Å²) in [7, 11) is 0. The lowest BCUT2D eigenvalue weighted by Crippen LogP contribution is -2.74. The first-order chi connectivity index (χ1) is 34.0. The second kappa shape index (κ2) is 21.8. The molecule has 16 heteroatoms. The van der Waals surface area contributed by atoms with Gasteiger partial charge in [0, 0.05) is 67.3 Å². The van der Waals surface area contributed by atoms with Crippen LogP contribution in [-0.4, -0.2) is 94.5 Å². The predicted molar refractivity (Wildman–Crippen MR) is 277 cm³/mol. The number of aromatic nitrogens is 1. The van der Waals surface area contributed by atoms with Crippen molar-refractivity contribution in [2.75, 3.05) is 19.8 Å². The molecule has 1 saturated carbocycles. The molecule has 3 aliphatic rings. The van der Waals surface area contributed by atoms with Gasteiger partial charge >= 0.3 is 5.97 Å². The van der Waals surface area contributed by atoms with Gasteiger partial charge < -0.3 is 34.6 Å². The van der Waals surface area contributed by atoms with E-state index in [1.807, 2.05) is 87.5 Å². The Morgan fingerprint density at radius 3 is 2.38 bits per heavy atom. The van der Waals surface area contributed by atoms with Crippen LogP contribution in [0.5, 0.6) is 5.75 Å². The number of benzene rings is 3. The Bertz CT molecular complexity index is 2800. The molecule has 2 N–H and O–H groups in total. The summed E-state index contributed by atoms with van der Waals surface area (Å²) in [6.45, 7) is 27.4. The molecule has 0 bridgehead atoms. The minimum absolute atomic E-state index is 0.00818. The Morgan fingerprint density at radius 2 is 1.74 bits per heavy atom. The van der Waals surface area contributed by atoms with E-state index in [9.17, 15) is 24.0 Å². The molecule has 0 unspecified atom stereocenters. The average Bonchev–Trinajstić information content (AvgIpc) is 4.03. The molecule has 72 heavy (non-hydrogen) atoms. The van der Waals surface area contributed by atoms with E-state index < -0.39 is 35.5 Å². The highest BCUT2D eigenvalue weighted by Gasteiger charge is 2.67. The first-order valence-corrected chi connectivity index (χ1v) is 25.7. The molecule has 3 heterocycles. The third-order valence-corrected chi connectivity index (χ3v) is 15.3. The zero-order chi connectivity index (χ0) is 52.3. The number of halogens is 1. The minimum Gasteiger partial charge on any atom is -0.489 e. The quantitative estimate of drug-likeness (QED) is 0.0482. The van der Waals surface area contributed by atoms with E-state index in [0.29, 0.717) is 48.0 Å². The fourth-order valence-corrected chi connectivity index (χ4v) is 11.9. The standard InChI is InChI=1S/C56H65ClN6O8S/c1-33(37-17-19-38(20-18-37)47-34(2)59-32-72-47)60-49(66)45-29-41(70-35(3)64)31-62(45)51(68)48(54(4,5)6)61-46(65)24-26-69-25-14-12-13-15-36-16-22-42-39(27-36)30-63(50(42)67)52-55(7,8)53(56(52,9)10)71-40-21-23-44(58-11)43(57)28-40/h16-23,27-28,32-33,41,45,48,52-53H,12,14,24-26,29-31H2,1-10H3,(H,60,66)(H,61,65)/t33-,41+,45-,48+,52?,53?/m0/s1. The van der Waals surface area contributed by atoms with Crippen molar-refractivity contribution < 1.29 is 38.2 Å². The van der Waals surface area contributed by atoms with Crippen molar-refractivity contribution in [3.63, 3.8) is 0 Å². The van der Waals surface area contributed by atoms with Crippen LogP contribution in [-0.2, 0) is 35.2 Å². The maximum absolute atomic E-state index is 14.4. The van der Waals surface area contributed by atoms with Crippen molar-refractivity contribution in [2.45, 2.75) is 138 Å². The largest absolute Gasteiger partial charge is 0.489 e. The van der Waals surface area contributed by atoms with Crippen LogP contribution in [0.1, 0.15) is 127 Å². The fourth-order valence-electron chi connectivity index (χ4n) is 10.9. The smallest absolute Gasteiger partial charge is 0.302 e. The minimum atomic E-state index is -0.974. The molecule has 0 radical (unpaired) electrons. The highest BCUT2D eigenvalue weighted by atomic mass is 35.5. The van der Waals surface area contributed by atoms with Gasteiger partial charge in [-0.1, -0.05) is 102 Å². The van der Waals surface area contributed by atoms with Crippen LogP contribution < -0.4 is 15.4 Å². The summed E-state index contributed by atoms with van der Waals surface area (Å²) in [5.41, 5.74) is 6.02. The number of unbranched alkanes of at least 4 members (excludes halogenated alkanes) is 1. The number of hydrogen-bond acceptors (Lipinski definition) is 10. The number of likely N-dealkylation sites (tertiary alicyclic amines) is 1. The number of ether oxygens (including phenoxy) is 3. The lowest BCUT2D eigenvalue weighted by Gasteiger charge is -2.65. The Hall–Kier alpha value is -6.26. The number of esters is 1. The van der Waals surface area contributed by atoms with Crippen molar-refractivity contribution in [2.24, 2.45) is 16.2 Å². The molecule has 3 aromatic carbocycles. The Balaban J connectivity index is 0.871. The summed E-state index contributed by atoms with van der Waals surface area (Å²) >= 11 is 7.87. The van der Waals surface area contributed by atoms with E-state index in [-0.39, 0.29) is 72.7 Å². The second-order valence-electron chi connectivity index (χ2n) is 21.3. The normalized spacial score (nSPS) is 20.5. The van der Waals surface area contributed by atoms with Crippen LogP contribution in [0.2, 0.25) is 5.02 Å². The lowest BCUT2D eigenvalue weighted by atomic mass is 9.49. The Labute approximate surface area is 432 Å². The van der Waals surface area contributed by atoms with Crippen molar-refractivity contribution in [1.29, 1.82) is 0 Å². The third-order valence-electron chi connectivity index (χ3n) is 14.0. The van der Waals surface area contributed by atoms with E-state index in [1.165, 1.54) is 11.8 Å². The third kappa shape index (κ3) is 11.7. The van der Waals surface area contributed by atoms with Gasteiger partial charge in [0.2, 0.25) is 23.4 Å². The van der Waals surface area contributed by atoms with Crippen LogP contribution in [0, 0.1) is 41.6 Å². The van der Waals surface area contributed by atoms with Crippen LogP contribution in [0.4, 0.5) is 5.69 Å². The first kappa shape index (κ1) is 53.5. The van der Waals surface area contributed by atoms with Gasteiger partial charge in [0.05, 0.1) is 46.9 Å². The molecular weight excluding hydrogens is 952 g/mol. The van der Waals surface area contributed by atoms with Gasteiger partial charge in [-0.2, -0.15) is 0 Å². The molecule has 4 atom stereocenters. The monoisotopic (exact) mass is 1020 g/mol. The highest BCUT2D eigenvalue weighted by molar-refractivity contribution is 7.13. The summed E-state index contributed by atoms with van der Waals surface area (Å²) in [5.74, 6) is 5.33. The van der Waals surface area contributed by atoms with Gasteiger partial charge in [-0.05, 0) is 72.7 Å². The second-order valence-corrected chi connectivity index (χ2v) is 22.6. The molecule has 4 amide bonds. The molecule has 2 fully saturated rings. The number of nitrogens with one attached hydrogen (secondary N) is 2. The van der Waals surface area contributed by atoms with Crippen molar-refractivity contribution >= 4 is 58.2 Å². The molecule has 1 aliphatic carbocycles. The summed E-state index contributed by atoms with van der Waals surface area (Å²) in [5, 5.41) is 6.31. The number of fused-ring (bicyclic) bond motifs is 1. The van der Waals surface area contributed by atoms with Crippen molar-refractivity contribution in [3.05, 3.63) is 111 Å². The number of hydrogen-bond donors (Lipinski definition) is 2. The fraction of sp³-hybridized carbons (Fsp3) is 0.482. The number of amides is 4. The number of aryl methyl sites for hydroxylation is 1. The molecule has 0 spiro atoms. The SMILES string of the molecule is [C-]#[N+]c1ccc(OC2C(C)(C)C(N3Cc4cc(C#CCCCOCCC(=O)N[C@H](C(=O)N5C[C@H](OC(C)=O)C[C@H]5C(=O)N[C@@H](C)c5ccc(-c6scnc6C)cc5)C(C)(C)C)ccc4C3=O)C2(C)C)cc1Cl. The van der Waals surface area contributed by atoms with E-state index in [4.69, 9.17) is 32.4 Å². The van der Waals surface area contributed by atoms with Crippen molar-refractivity contribution in [1.82, 2.24) is 25.4 Å². The van der Waals surface area contributed by atoms with Crippen molar-refractivity contribution in [3.8, 4) is 28.0 Å². The zero-order valence-corrected chi connectivity index (χ0v) is 44.4. The van der Waals surface area contributed by atoms with Crippen LogP contribution >= 0.6 is 22.9 Å². The molecule has 380 valence electrons. The number of nitrogens with zero attached hydrogens (tertiary/aromatic N) is 4. The molecule has 14 nitrogen and oxygen atoms in total. The maximum atomic E-state index is 14.4. The Morgan fingerprint density at radius 1 is 1.01 bits per heavy atom. The van der Waals surface area contributed by atoms with Gasteiger partial charge in [0.25, 0.3) is 5.91 Å². The van der Waals surface area contributed by atoms with Gasteiger partial charge in [-0.15, -0.1) is 11.3 Å². The summed E-state index contributed by atoms with van der Waals surface area (Å²) in [6, 6.07) is 16.4. The summed E-state index contributed by atoms with van der Waals surface area (Å²) in [6.07, 6.45) is 0.456. The number of carbonyl (C=O) groups excluding carboxylic acids is 5. The zero-order valence-electron chi connectivity index (χ0n) is 42.8. The molecule has 1 saturated heterocycles. The molecule has 4 aromatic rings. The summed E-state index contributed by atoms with van der Waals surface area (Å²) in [4.78, 5) is 79.6. The molecule has 1 aromatic heterocycles. The van der Waals surface area contributed by atoms with Gasteiger partial charge in [0.1, 0.15) is 30.0 Å². The molecular formula is C56H65ClN6O8S. The van der Waals surface area contributed by atoms with E-state index >= 15 is 0 Å². The van der Waals surface area contributed by atoms with Crippen LogP contribution in [0.3, 0.4) is 0 Å². The van der Waals surface area contributed by atoms with Gasteiger partial charge in [-0.3, -0.25) is 24.0 Å². The molecule has 2 aliphatic heterocycles. The lowest BCUT2D eigenvalue weighted by molar-refractivity contribution is -0.199. The van der Waals surface area contributed by atoms with Crippen LogP contribution in [0.15, 0.2) is 66.2 Å². The van der Waals surface area contributed by atoms with E-state index in [1.54, 1.807) is 29.5 Å². The topological polar surface area (TPSA) is 161 Å². The molecule has 7 rings (SSSR count). The Kier molecular flexibility index (Phi) is 16.2. The average molecular weight is 1020 g/mol.